The summed E-state index contributed by atoms with van der Waals surface area (Å²) in [5, 5.41) is 0. The normalized spacial score (nSPS) is 11.8. The first kappa shape index (κ1) is 20.0. The molecule has 0 aliphatic carbocycles. The van der Waals surface area contributed by atoms with E-state index in [1.807, 2.05) is 0 Å². The van der Waals surface area contributed by atoms with Gasteiger partial charge in [0.25, 0.3) is 0 Å². The first-order valence-corrected chi connectivity index (χ1v) is 11.1. The third-order valence-electron chi connectivity index (χ3n) is 4.43. The fraction of sp³-hybridized carbons (Fsp3) is 0.895. The van der Waals surface area contributed by atoms with Crippen LogP contribution in [0.15, 0.2) is 12.3 Å². The molecule has 0 rings (SSSR count). The second kappa shape index (κ2) is 17.0. The molecule has 0 amide bonds. The van der Waals surface area contributed by atoms with E-state index in [9.17, 15) is 0 Å². The van der Waals surface area contributed by atoms with E-state index in [1.165, 1.54) is 89.9 Å². The Balaban J connectivity index is 3.47. The summed E-state index contributed by atoms with van der Waals surface area (Å²) >= 11 is 0. The lowest BCUT2D eigenvalue weighted by molar-refractivity contribution is 0.533. The zero-order chi connectivity index (χ0) is 14.9. The van der Waals surface area contributed by atoms with Crippen LogP contribution in [0.25, 0.3) is 0 Å². The summed E-state index contributed by atoms with van der Waals surface area (Å²) in [6.45, 7) is 8.60. The molecule has 0 aliphatic heterocycles. The number of hydrogen-bond acceptors (Lipinski definition) is 0. The molecule has 0 spiro atoms. The lowest BCUT2D eigenvalue weighted by Gasteiger charge is -2.14. The van der Waals surface area contributed by atoms with E-state index in [0.717, 1.165) is 5.54 Å². The molecule has 0 atom stereocenters. The van der Waals surface area contributed by atoms with Gasteiger partial charge in [-0.25, -0.2) is 0 Å². The average Bonchev–Trinajstić information content (AvgIpc) is 2.46. The SMILES string of the molecule is C=C[SiH2]C(CCCCCCCC)CCCCCCCC. The summed E-state index contributed by atoms with van der Waals surface area (Å²) in [5.74, 6) is 0. The lowest BCUT2D eigenvalue weighted by atomic mass is 10.0. The molecule has 0 aromatic carbocycles. The van der Waals surface area contributed by atoms with Gasteiger partial charge in [-0.1, -0.05) is 104 Å². The van der Waals surface area contributed by atoms with Gasteiger partial charge in [-0.05, 0) is 5.54 Å². The Kier molecular flexibility index (Phi) is 17.0. The fourth-order valence-corrected chi connectivity index (χ4v) is 4.56. The lowest BCUT2D eigenvalue weighted by Crippen LogP contribution is -2.02. The Morgan fingerprint density at radius 1 is 0.700 bits per heavy atom. The zero-order valence-electron chi connectivity index (χ0n) is 14.5. The van der Waals surface area contributed by atoms with Gasteiger partial charge in [0.1, 0.15) is 0 Å². The van der Waals surface area contributed by atoms with Gasteiger partial charge in [0.2, 0.25) is 0 Å². The summed E-state index contributed by atoms with van der Waals surface area (Å²) in [5.41, 5.74) is 3.34. The highest BCUT2D eigenvalue weighted by atomic mass is 28.2. The monoisotopic (exact) mass is 296 g/mol. The molecule has 0 N–H and O–H groups in total. The molecule has 0 heterocycles. The maximum absolute atomic E-state index is 4.00. The number of rotatable bonds is 16. The second-order valence-electron chi connectivity index (χ2n) is 6.50. The van der Waals surface area contributed by atoms with E-state index in [0.29, 0.717) is 0 Å². The summed E-state index contributed by atoms with van der Waals surface area (Å²) in [4.78, 5) is 0. The first-order valence-electron chi connectivity index (χ1n) is 9.46. The highest BCUT2D eigenvalue weighted by Gasteiger charge is 2.07. The van der Waals surface area contributed by atoms with Crippen molar-refractivity contribution in [1.29, 1.82) is 0 Å². The molecule has 0 fully saturated rings. The Morgan fingerprint density at radius 3 is 1.50 bits per heavy atom. The second-order valence-corrected chi connectivity index (χ2v) is 8.71. The molecule has 120 valence electrons. The van der Waals surface area contributed by atoms with Crippen molar-refractivity contribution in [3.05, 3.63) is 12.3 Å². The van der Waals surface area contributed by atoms with Crippen LogP contribution in [-0.4, -0.2) is 9.52 Å². The minimum atomic E-state index is 0.0119. The van der Waals surface area contributed by atoms with Crippen LogP contribution >= 0.6 is 0 Å². The van der Waals surface area contributed by atoms with E-state index < -0.39 is 0 Å². The van der Waals surface area contributed by atoms with E-state index in [4.69, 9.17) is 0 Å². The molecule has 0 saturated carbocycles. The van der Waals surface area contributed by atoms with Crippen LogP contribution in [0.4, 0.5) is 0 Å². The van der Waals surface area contributed by atoms with Crippen LogP contribution in [0.2, 0.25) is 5.54 Å². The van der Waals surface area contributed by atoms with Crippen molar-refractivity contribution in [3.8, 4) is 0 Å². The van der Waals surface area contributed by atoms with Crippen LogP contribution in [0.3, 0.4) is 0 Å². The molecule has 0 nitrogen and oxygen atoms in total. The Bertz CT molecular complexity index is 172. The van der Waals surface area contributed by atoms with Crippen molar-refractivity contribution in [3.63, 3.8) is 0 Å². The summed E-state index contributed by atoms with van der Waals surface area (Å²) in [6.07, 6.45) is 20.3. The average molecular weight is 297 g/mol. The van der Waals surface area contributed by atoms with Gasteiger partial charge in [0, 0.05) is 9.52 Å². The summed E-state index contributed by atoms with van der Waals surface area (Å²) in [6, 6.07) is 0. The van der Waals surface area contributed by atoms with Crippen molar-refractivity contribution in [2.75, 3.05) is 0 Å². The molecule has 0 saturated heterocycles. The predicted molar refractivity (Wildman–Crippen MR) is 98.5 cm³/mol. The smallest absolute Gasteiger partial charge is 0.0477 e. The van der Waals surface area contributed by atoms with Crippen molar-refractivity contribution >= 4 is 9.52 Å². The molecular weight excluding hydrogens is 256 g/mol. The molecule has 20 heavy (non-hydrogen) atoms. The van der Waals surface area contributed by atoms with Gasteiger partial charge in [-0.2, -0.15) is 0 Å². The highest BCUT2D eigenvalue weighted by molar-refractivity contribution is 6.43. The Hall–Kier alpha value is -0.0431. The Morgan fingerprint density at radius 2 is 1.10 bits per heavy atom. The van der Waals surface area contributed by atoms with Crippen molar-refractivity contribution in [2.45, 2.75) is 109 Å². The van der Waals surface area contributed by atoms with Crippen molar-refractivity contribution in [2.24, 2.45) is 0 Å². The standard InChI is InChI=1S/C19H40Si/c1-4-7-9-11-13-15-17-19(20-6-3)18-16-14-12-10-8-5-2/h6,19H,3-5,7-18,20H2,1-2H3. The topological polar surface area (TPSA) is 0 Å². The van der Waals surface area contributed by atoms with Gasteiger partial charge in [0.15, 0.2) is 0 Å². The largest absolute Gasteiger partial charge is 0.108 e. The van der Waals surface area contributed by atoms with Crippen LogP contribution < -0.4 is 0 Å². The first-order chi connectivity index (χ1) is 9.85. The molecule has 0 aliphatic rings. The molecule has 0 aromatic rings. The van der Waals surface area contributed by atoms with Gasteiger partial charge >= 0.3 is 0 Å². The molecule has 1 heteroatoms. The third kappa shape index (κ3) is 14.4. The number of hydrogen-bond donors (Lipinski definition) is 0. The maximum atomic E-state index is 4.00. The fourth-order valence-electron chi connectivity index (χ4n) is 3.04. The van der Waals surface area contributed by atoms with Crippen molar-refractivity contribution < 1.29 is 0 Å². The third-order valence-corrected chi connectivity index (χ3v) is 6.25. The zero-order valence-corrected chi connectivity index (χ0v) is 15.9. The maximum Gasteiger partial charge on any atom is 0.0477 e. The van der Waals surface area contributed by atoms with Crippen molar-refractivity contribution in [1.82, 2.24) is 0 Å². The van der Waals surface area contributed by atoms with Crippen LogP contribution in [-0.2, 0) is 0 Å². The summed E-state index contributed by atoms with van der Waals surface area (Å²) in [7, 11) is 0.0119. The molecule has 0 bridgehead atoms. The van der Waals surface area contributed by atoms with Gasteiger partial charge < -0.3 is 0 Å². The van der Waals surface area contributed by atoms with E-state index in [-0.39, 0.29) is 9.52 Å². The van der Waals surface area contributed by atoms with Crippen LogP contribution in [0, 0.1) is 0 Å². The summed E-state index contributed by atoms with van der Waals surface area (Å²) < 4.78 is 0. The molecular formula is C19H40Si. The Labute approximate surface area is 131 Å². The quantitative estimate of drug-likeness (QED) is 0.223. The molecule has 0 radical (unpaired) electrons. The van der Waals surface area contributed by atoms with Crippen LogP contribution in [0.1, 0.15) is 104 Å². The molecule has 0 aromatic heterocycles. The number of unbranched alkanes of at least 4 members (excludes halogenated alkanes) is 10. The molecule has 0 unspecified atom stereocenters. The van der Waals surface area contributed by atoms with Crippen LogP contribution in [0.5, 0.6) is 0 Å². The van der Waals surface area contributed by atoms with Gasteiger partial charge in [0.05, 0.1) is 0 Å². The van der Waals surface area contributed by atoms with Gasteiger partial charge in [-0.3, -0.25) is 0 Å². The predicted octanol–water partition coefficient (Wildman–Crippen LogP) is 6.59. The van der Waals surface area contributed by atoms with E-state index in [1.54, 1.807) is 0 Å². The van der Waals surface area contributed by atoms with E-state index >= 15 is 0 Å². The minimum absolute atomic E-state index is 0.0119. The minimum Gasteiger partial charge on any atom is -0.108 e. The van der Waals surface area contributed by atoms with Gasteiger partial charge in [-0.15, -0.1) is 12.3 Å². The highest BCUT2D eigenvalue weighted by Crippen LogP contribution is 2.23. The van der Waals surface area contributed by atoms with E-state index in [2.05, 4.69) is 26.1 Å².